The van der Waals surface area contributed by atoms with E-state index in [4.69, 9.17) is 23.2 Å². The first kappa shape index (κ1) is 21.6. The van der Waals surface area contributed by atoms with E-state index in [2.05, 4.69) is 5.32 Å². The molecule has 1 amide bonds. The second kappa shape index (κ2) is 9.01. The fourth-order valence-electron chi connectivity index (χ4n) is 2.45. The smallest absolute Gasteiger partial charge is 0.253 e. The maximum atomic E-state index is 13.2. The summed E-state index contributed by atoms with van der Waals surface area (Å²) < 4.78 is 36.2. The Hall–Kier alpha value is -1.67. The highest BCUT2D eigenvalue weighted by molar-refractivity contribution is 7.90. The van der Waals surface area contributed by atoms with Crippen LogP contribution < -0.4 is 5.32 Å². The molecule has 2 atom stereocenters. The number of rotatable bonds is 7. The molecule has 0 aliphatic heterocycles. The van der Waals surface area contributed by atoms with Gasteiger partial charge in [-0.05, 0) is 28.8 Å². The molecule has 146 valence electrons. The van der Waals surface area contributed by atoms with Crippen molar-refractivity contribution >= 4 is 38.9 Å². The molecule has 0 saturated carbocycles. The number of carbonyl (C=O) groups is 1. The highest BCUT2D eigenvalue weighted by Gasteiger charge is 2.25. The summed E-state index contributed by atoms with van der Waals surface area (Å²) >= 11 is 10.8. The van der Waals surface area contributed by atoms with E-state index in [1.54, 1.807) is 36.4 Å². The van der Waals surface area contributed by atoms with E-state index < -0.39 is 39.4 Å². The van der Waals surface area contributed by atoms with Crippen LogP contribution in [-0.2, 0) is 14.6 Å². The molecule has 2 N–H and O–H groups in total. The van der Waals surface area contributed by atoms with Gasteiger partial charge >= 0.3 is 0 Å². The van der Waals surface area contributed by atoms with Crippen molar-refractivity contribution in [3.8, 4) is 11.1 Å². The van der Waals surface area contributed by atoms with Gasteiger partial charge < -0.3 is 10.4 Å². The number of hydrogen-bond acceptors (Lipinski definition) is 4. The molecule has 5 nitrogen and oxygen atoms in total. The minimum atomic E-state index is -3.27. The molecule has 2 aromatic rings. The molecular weight excluding hydrogens is 416 g/mol. The second-order valence-corrected chi connectivity index (χ2v) is 9.05. The Balaban J connectivity index is 2.17. The molecule has 9 heteroatoms. The number of aliphatic hydroxyl groups is 1. The highest BCUT2D eigenvalue weighted by atomic mass is 35.5. The number of nitrogens with one attached hydrogen (secondary N) is 1. The van der Waals surface area contributed by atoms with Crippen LogP contribution in [0.4, 0.5) is 4.39 Å². The molecular formula is C18H18Cl2FNO4S. The lowest BCUT2D eigenvalue weighted by Crippen LogP contribution is -2.43. The zero-order chi connectivity index (χ0) is 20.2. The van der Waals surface area contributed by atoms with Crippen LogP contribution in [0.15, 0.2) is 53.4 Å². The van der Waals surface area contributed by atoms with Crippen LogP contribution in [-0.4, -0.2) is 43.2 Å². The Labute approximate surface area is 167 Å². The standard InChI is InChI=1S/C18H18Cl2FNO4S/c1-27(25,26)14-8-6-12(7-9-14)11-2-4-13(5-3-11)16(23)15(10-21)22-18(24)17(19)20/h2-9,15-17,23H,10H2,1H3,(H,22,24). The molecule has 0 fully saturated rings. The average molecular weight is 434 g/mol. The molecule has 0 aliphatic rings. The lowest BCUT2D eigenvalue weighted by molar-refractivity contribution is -0.121. The van der Waals surface area contributed by atoms with Crippen LogP contribution in [0.5, 0.6) is 0 Å². The first-order valence-corrected chi connectivity index (χ1v) is 10.6. The summed E-state index contributed by atoms with van der Waals surface area (Å²) in [6.07, 6.45) is -0.151. The Bertz CT molecular complexity index is 887. The van der Waals surface area contributed by atoms with Crippen molar-refractivity contribution in [2.24, 2.45) is 0 Å². The molecule has 0 radical (unpaired) electrons. The zero-order valence-corrected chi connectivity index (χ0v) is 16.6. The predicted octanol–water partition coefficient (Wildman–Crippen LogP) is 3.05. The van der Waals surface area contributed by atoms with Gasteiger partial charge in [0.1, 0.15) is 12.8 Å². The van der Waals surface area contributed by atoms with Gasteiger partial charge in [-0.1, -0.05) is 59.6 Å². The van der Waals surface area contributed by atoms with E-state index in [-0.39, 0.29) is 4.90 Å². The normalized spacial score (nSPS) is 14.0. The lowest BCUT2D eigenvalue weighted by atomic mass is 9.99. The van der Waals surface area contributed by atoms with Crippen molar-refractivity contribution in [1.82, 2.24) is 5.32 Å². The monoisotopic (exact) mass is 433 g/mol. The van der Waals surface area contributed by atoms with Gasteiger partial charge in [0.25, 0.3) is 5.91 Å². The maximum absolute atomic E-state index is 13.2. The van der Waals surface area contributed by atoms with Gasteiger partial charge in [0, 0.05) is 6.26 Å². The van der Waals surface area contributed by atoms with E-state index in [1.807, 2.05) is 0 Å². The first-order chi connectivity index (χ1) is 12.6. The summed E-state index contributed by atoms with van der Waals surface area (Å²) in [6, 6.07) is 11.8. The van der Waals surface area contributed by atoms with Crippen molar-refractivity contribution in [1.29, 1.82) is 0 Å². The number of sulfone groups is 1. The van der Waals surface area contributed by atoms with Crippen molar-refractivity contribution in [3.05, 3.63) is 54.1 Å². The van der Waals surface area contributed by atoms with Gasteiger partial charge in [0.05, 0.1) is 10.9 Å². The molecule has 0 heterocycles. The maximum Gasteiger partial charge on any atom is 0.253 e. The molecule has 0 saturated heterocycles. The summed E-state index contributed by atoms with van der Waals surface area (Å²) in [4.78, 5) is 10.4. The van der Waals surface area contributed by atoms with E-state index in [0.717, 1.165) is 17.4 Å². The number of amides is 1. The van der Waals surface area contributed by atoms with Crippen LogP contribution in [0.25, 0.3) is 11.1 Å². The second-order valence-electron chi connectivity index (χ2n) is 5.93. The zero-order valence-electron chi connectivity index (χ0n) is 14.3. The molecule has 0 aliphatic carbocycles. The lowest BCUT2D eigenvalue weighted by Gasteiger charge is -2.22. The minimum Gasteiger partial charge on any atom is -0.386 e. The van der Waals surface area contributed by atoms with Gasteiger partial charge in [-0.15, -0.1) is 0 Å². The van der Waals surface area contributed by atoms with Crippen molar-refractivity contribution < 1.29 is 22.7 Å². The Morgan fingerprint density at radius 2 is 1.56 bits per heavy atom. The number of hydrogen-bond donors (Lipinski definition) is 2. The summed E-state index contributed by atoms with van der Waals surface area (Å²) in [6.45, 7) is -0.998. The molecule has 2 rings (SSSR count). The van der Waals surface area contributed by atoms with Gasteiger partial charge in [-0.25, -0.2) is 12.8 Å². The SMILES string of the molecule is CS(=O)(=O)c1ccc(-c2ccc(C(O)C(CF)NC(=O)C(Cl)Cl)cc2)cc1. The van der Waals surface area contributed by atoms with Gasteiger partial charge in [-0.3, -0.25) is 4.79 Å². The van der Waals surface area contributed by atoms with Crippen LogP contribution >= 0.6 is 23.2 Å². The van der Waals surface area contributed by atoms with Crippen LogP contribution in [0.1, 0.15) is 11.7 Å². The average Bonchev–Trinajstić information content (AvgIpc) is 2.64. The molecule has 27 heavy (non-hydrogen) atoms. The number of benzene rings is 2. The first-order valence-electron chi connectivity index (χ1n) is 7.86. The Morgan fingerprint density at radius 1 is 1.07 bits per heavy atom. The van der Waals surface area contributed by atoms with Crippen molar-refractivity contribution in [2.75, 3.05) is 12.9 Å². The van der Waals surface area contributed by atoms with Crippen LogP contribution in [0.2, 0.25) is 0 Å². The quantitative estimate of drug-likeness (QED) is 0.657. The third kappa shape index (κ3) is 5.65. The van der Waals surface area contributed by atoms with Gasteiger partial charge in [-0.2, -0.15) is 0 Å². The van der Waals surface area contributed by atoms with Crippen LogP contribution in [0.3, 0.4) is 0 Å². The summed E-state index contributed by atoms with van der Waals surface area (Å²) in [5, 5.41) is 12.5. The molecule has 0 spiro atoms. The van der Waals surface area contributed by atoms with Gasteiger partial charge in [0.2, 0.25) is 0 Å². The van der Waals surface area contributed by atoms with Crippen molar-refractivity contribution in [3.63, 3.8) is 0 Å². The highest BCUT2D eigenvalue weighted by Crippen LogP contribution is 2.25. The third-order valence-corrected chi connectivity index (χ3v) is 5.47. The summed E-state index contributed by atoms with van der Waals surface area (Å²) in [5.74, 6) is -0.789. The number of alkyl halides is 3. The Morgan fingerprint density at radius 3 is 1.96 bits per heavy atom. The van der Waals surface area contributed by atoms with Gasteiger partial charge in [0.15, 0.2) is 14.7 Å². The van der Waals surface area contributed by atoms with Crippen LogP contribution in [0, 0.1) is 0 Å². The number of aliphatic hydroxyl groups excluding tert-OH is 1. The number of halogens is 3. The Kier molecular flexibility index (Phi) is 7.22. The molecule has 0 bridgehead atoms. The molecule has 2 unspecified atom stereocenters. The largest absolute Gasteiger partial charge is 0.386 e. The van der Waals surface area contributed by atoms with E-state index in [9.17, 15) is 22.7 Å². The van der Waals surface area contributed by atoms with E-state index >= 15 is 0 Å². The predicted molar refractivity (Wildman–Crippen MR) is 103 cm³/mol. The molecule has 0 aromatic heterocycles. The minimum absolute atomic E-state index is 0.219. The van der Waals surface area contributed by atoms with E-state index in [1.165, 1.54) is 12.1 Å². The third-order valence-electron chi connectivity index (χ3n) is 3.94. The molecule has 2 aromatic carbocycles. The summed E-state index contributed by atoms with van der Waals surface area (Å²) in [5.41, 5.74) is 1.97. The van der Waals surface area contributed by atoms with Crippen molar-refractivity contribution in [2.45, 2.75) is 21.9 Å². The fourth-order valence-corrected chi connectivity index (χ4v) is 3.20. The summed E-state index contributed by atoms with van der Waals surface area (Å²) in [7, 11) is -3.27. The van der Waals surface area contributed by atoms with E-state index in [0.29, 0.717) is 5.56 Å². The number of carbonyl (C=O) groups excluding carboxylic acids is 1. The topological polar surface area (TPSA) is 83.5 Å². The fraction of sp³-hybridized carbons (Fsp3) is 0.278.